The van der Waals surface area contributed by atoms with Crippen LogP contribution in [-0.2, 0) is 10.0 Å². The van der Waals surface area contributed by atoms with E-state index in [1.807, 2.05) is 7.05 Å². The summed E-state index contributed by atoms with van der Waals surface area (Å²) in [6.07, 6.45) is 3.45. The monoisotopic (exact) mass is 284 g/mol. The molecule has 1 unspecified atom stereocenters. The van der Waals surface area contributed by atoms with Crippen molar-refractivity contribution < 1.29 is 8.42 Å². The second-order valence-electron chi connectivity index (χ2n) is 4.82. The highest BCUT2D eigenvalue weighted by molar-refractivity contribution is 7.89. The highest BCUT2D eigenvalue weighted by Gasteiger charge is 2.25. The Morgan fingerprint density at radius 2 is 2.26 bits per heavy atom. The van der Waals surface area contributed by atoms with Crippen LogP contribution in [0.1, 0.15) is 12.8 Å². The van der Waals surface area contributed by atoms with Gasteiger partial charge in [0.15, 0.2) is 0 Å². The number of anilines is 1. The number of nitrogens with zero attached hydrogens (tertiary/aromatic N) is 2. The van der Waals surface area contributed by atoms with Crippen molar-refractivity contribution in [3.8, 4) is 0 Å². The molecular weight excluding hydrogens is 264 g/mol. The molecular formula is C12H20N4O2S. The fourth-order valence-electron chi connectivity index (χ4n) is 2.34. The molecule has 7 heteroatoms. The third kappa shape index (κ3) is 3.43. The van der Waals surface area contributed by atoms with Gasteiger partial charge in [0, 0.05) is 25.8 Å². The molecule has 0 aromatic carbocycles. The van der Waals surface area contributed by atoms with Gasteiger partial charge in [-0.25, -0.2) is 18.1 Å². The summed E-state index contributed by atoms with van der Waals surface area (Å²) in [7, 11) is 0.138. The molecule has 1 aliphatic heterocycles. The summed E-state index contributed by atoms with van der Waals surface area (Å²) in [6, 6.07) is 3.16. The Kier molecular flexibility index (Phi) is 4.38. The number of rotatable bonds is 4. The lowest BCUT2D eigenvalue weighted by Crippen LogP contribution is -2.46. The van der Waals surface area contributed by atoms with Crippen LogP contribution in [-0.4, -0.2) is 51.5 Å². The summed E-state index contributed by atoms with van der Waals surface area (Å²) in [5.74, 6) is 0.374. The van der Waals surface area contributed by atoms with E-state index in [-0.39, 0.29) is 10.9 Å². The molecule has 1 fully saturated rings. The van der Waals surface area contributed by atoms with Gasteiger partial charge in [0.2, 0.25) is 10.0 Å². The average molecular weight is 284 g/mol. The number of likely N-dealkylation sites (N-methyl/N-ethyl adjacent to an activating group) is 1. The molecule has 0 saturated carbocycles. The van der Waals surface area contributed by atoms with Crippen LogP contribution in [0.2, 0.25) is 0 Å². The van der Waals surface area contributed by atoms with E-state index >= 15 is 0 Å². The number of hydrogen-bond acceptors (Lipinski definition) is 5. The first kappa shape index (κ1) is 14.2. The smallest absolute Gasteiger partial charge is 0.244 e. The predicted octanol–water partition coefficient (Wildman–Crippen LogP) is 0.496. The van der Waals surface area contributed by atoms with Crippen molar-refractivity contribution in [3.05, 3.63) is 18.3 Å². The normalized spacial score (nSPS) is 21.3. The van der Waals surface area contributed by atoms with Crippen LogP contribution in [0, 0.1) is 0 Å². The summed E-state index contributed by atoms with van der Waals surface area (Å²) in [5, 5.41) is 2.81. The first-order chi connectivity index (χ1) is 9.03. The fraction of sp³-hybridized carbons (Fsp3) is 0.583. The van der Waals surface area contributed by atoms with Gasteiger partial charge < -0.3 is 10.2 Å². The zero-order chi connectivity index (χ0) is 13.9. The first-order valence-corrected chi connectivity index (χ1v) is 7.85. The minimum Gasteiger partial charge on any atom is -0.372 e. The molecule has 1 aromatic heterocycles. The Balaban J connectivity index is 2.18. The van der Waals surface area contributed by atoms with Crippen molar-refractivity contribution in [1.29, 1.82) is 0 Å². The number of nitrogens with one attached hydrogen (secondary N) is 2. The molecule has 19 heavy (non-hydrogen) atoms. The summed E-state index contributed by atoms with van der Waals surface area (Å²) >= 11 is 0. The van der Waals surface area contributed by atoms with Gasteiger partial charge in [0.1, 0.15) is 10.7 Å². The van der Waals surface area contributed by atoms with E-state index in [2.05, 4.69) is 19.9 Å². The first-order valence-electron chi connectivity index (χ1n) is 6.36. The van der Waals surface area contributed by atoms with Crippen LogP contribution in [0.3, 0.4) is 0 Å². The molecule has 1 aliphatic rings. The maximum absolute atomic E-state index is 12.4. The van der Waals surface area contributed by atoms with E-state index in [4.69, 9.17) is 0 Å². The quantitative estimate of drug-likeness (QED) is 0.842. The topological polar surface area (TPSA) is 74.3 Å². The van der Waals surface area contributed by atoms with Gasteiger partial charge in [-0.05, 0) is 38.6 Å². The highest BCUT2D eigenvalue weighted by atomic mass is 32.2. The van der Waals surface area contributed by atoms with Crippen LogP contribution in [0.25, 0.3) is 0 Å². The number of pyridine rings is 1. The van der Waals surface area contributed by atoms with E-state index in [1.54, 1.807) is 25.4 Å². The molecule has 2 N–H and O–H groups in total. The lowest BCUT2D eigenvalue weighted by molar-refractivity contribution is 0.242. The second-order valence-corrected chi connectivity index (χ2v) is 6.51. The van der Waals surface area contributed by atoms with E-state index in [0.29, 0.717) is 5.82 Å². The second kappa shape index (κ2) is 5.85. The predicted molar refractivity (Wildman–Crippen MR) is 74.6 cm³/mol. The molecule has 106 valence electrons. The van der Waals surface area contributed by atoms with Gasteiger partial charge in [-0.15, -0.1) is 0 Å². The number of hydrogen-bond donors (Lipinski definition) is 2. The lowest BCUT2D eigenvalue weighted by Gasteiger charge is -2.30. The number of aromatic nitrogens is 1. The average Bonchev–Trinajstić information content (AvgIpc) is 2.38. The molecule has 0 aliphatic carbocycles. The molecule has 1 atom stereocenters. The maximum Gasteiger partial charge on any atom is 0.244 e. The van der Waals surface area contributed by atoms with Crippen molar-refractivity contribution in [3.63, 3.8) is 0 Å². The summed E-state index contributed by atoms with van der Waals surface area (Å²) < 4.78 is 27.5. The molecule has 1 saturated heterocycles. The van der Waals surface area contributed by atoms with Gasteiger partial charge in [-0.2, -0.15) is 0 Å². The molecule has 0 bridgehead atoms. The van der Waals surface area contributed by atoms with Crippen molar-refractivity contribution in [1.82, 2.24) is 14.6 Å². The Labute approximate surface area is 114 Å². The van der Waals surface area contributed by atoms with Gasteiger partial charge in [-0.1, -0.05) is 0 Å². The van der Waals surface area contributed by atoms with E-state index in [0.717, 1.165) is 25.9 Å². The number of sulfonamides is 1. The lowest BCUT2D eigenvalue weighted by atomic mass is 10.1. The summed E-state index contributed by atoms with van der Waals surface area (Å²) in [6.45, 7) is 1.77. The SMILES string of the molecule is CNc1ncccc1S(=O)(=O)NC1CCCN(C)C1. The van der Waals surface area contributed by atoms with Crippen molar-refractivity contribution in [2.45, 2.75) is 23.8 Å². The molecule has 6 nitrogen and oxygen atoms in total. The van der Waals surface area contributed by atoms with Gasteiger partial charge in [0.25, 0.3) is 0 Å². The van der Waals surface area contributed by atoms with Crippen LogP contribution in [0.15, 0.2) is 23.2 Å². The minimum absolute atomic E-state index is 0.0336. The highest BCUT2D eigenvalue weighted by Crippen LogP contribution is 2.19. The van der Waals surface area contributed by atoms with Crippen LogP contribution in [0.4, 0.5) is 5.82 Å². The fourth-order valence-corrected chi connectivity index (χ4v) is 3.77. The Morgan fingerprint density at radius 1 is 1.47 bits per heavy atom. The molecule has 0 amide bonds. The van der Waals surface area contributed by atoms with Gasteiger partial charge in [-0.3, -0.25) is 0 Å². The van der Waals surface area contributed by atoms with Gasteiger partial charge in [0.05, 0.1) is 0 Å². The molecule has 2 rings (SSSR count). The third-order valence-corrected chi connectivity index (χ3v) is 4.80. The molecule has 0 spiro atoms. The Bertz CT molecular complexity index is 532. The minimum atomic E-state index is -3.53. The van der Waals surface area contributed by atoms with E-state index in [9.17, 15) is 8.42 Å². The summed E-state index contributed by atoms with van der Waals surface area (Å²) in [5.41, 5.74) is 0. The molecule has 0 radical (unpaired) electrons. The zero-order valence-electron chi connectivity index (χ0n) is 11.3. The molecule has 1 aromatic rings. The zero-order valence-corrected chi connectivity index (χ0v) is 12.1. The van der Waals surface area contributed by atoms with Crippen LogP contribution in [0.5, 0.6) is 0 Å². The largest absolute Gasteiger partial charge is 0.372 e. The maximum atomic E-state index is 12.4. The van der Waals surface area contributed by atoms with Gasteiger partial charge >= 0.3 is 0 Å². The number of piperidine rings is 1. The van der Waals surface area contributed by atoms with Crippen LogP contribution < -0.4 is 10.0 Å². The Morgan fingerprint density at radius 3 is 2.95 bits per heavy atom. The standard InChI is InChI=1S/C12H20N4O2S/c1-13-12-11(6-3-7-14-12)19(17,18)15-10-5-4-8-16(2)9-10/h3,6-7,10,15H,4-5,8-9H2,1-2H3,(H,13,14). The van der Waals surface area contributed by atoms with E-state index in [1.165, 1.54) is 0 Å². The van der Waals surface area contributed by atoms with Crippen LogP contribution >= 0.6 is 0 Å². The van der Waals surface area contributed by atoms with E-state index < -0.39 is 10.0 Å². The van der Waals surface area contributed by atoms with Crippen molar-refractivity contribution in [2.75, 3.05) is 32.5 Å². The number of likely N-dealkylation sites (tertiary alicyclic amines) is 1. The summed E-state index contributed by atoms with van der Waals surface area (Å²) in [4.78, 5) is 6.37. The third-order valence-electron chi connectivity index (χ3n) is 3.24. The Hall–Kier alpha value is -1.18. The van der Waals surface area contributed by atoms with Crippen molar-refractivity contribution >= 4 is 15.8 Å². The van der Waals surface area contributed by atoms with Crippen molar-refractivity contribution in [2.24, 2.45) is 0 Å². The molecule has 2 heterocycles.